The molecule has 0 atom stereocenters. The lowest BCUT2D eigenvalue weighted by Crippen LogP contribution is -1.97. The molecule has 0 aliphatic heterocycles. The molecule has 0 aliphatic carbocycles. The van der Waals surface area contributed by atoms with Crippen molar-refractivity contribution in [2.75, 3.05) is 19.1 Å². The van der Waals surface area contributed by atoms with Crippen LogP contribution < -0.4 is 14.9 Å². The van der Waals surface area contributed by atoms with Gasteiger partial charge in [-0.05, 0) is 37.6 Å². The Kier molecular flexibility index (Phi) is 5.86. The van der Waals surface area contributed by atoms with Crippen molar-refractivity contribution in [1.82, 2.24) is 4.98 Å². The largest absolute Gasteiger partial charge is 0.493 e. The van der Waals surface area contributed by atoms with Crippen LogP contribution in [-0.4, -0.2) is 24.9 Å². The number of hydrogen-bond donors (Lipinski definition) is 1. The summed E-state index contributed by atoms with van der Waals surface area (Å²) in [6.07, 6.45) is 1.74. The number of benzene rings is 2. The smallest absolute Gasteiger partial charge is 0.204 e. The van der Waals surface area contributed by atoms with Crippen molar-refractivity contribution in [3.63, 3.8) is 0 Å². The van der Waals surface area contributed by atoms with Crippen molar-refractivity contribution >= 4 is 22.7 Å². The number of nitrogens with one attached hydrogen (secondary N) is 1. The van der Waals surface area contributed by atoms with Gasteiger partial charge < -0.3 is 9.47 Å². The summed E-state index contributed by atoms with van der Waals surface area (Å²) in [5.41, 5.74) is 6.01. The van der Waals surface area contributed by atoms with E-state index in [9.17, 15) is 0 Å². The molecule has 0 saturated heterocycles. The first-order chi connectivity index (χ1) is 12.7. The minimum atomic E-state index is 0.579. The van der Waals surface area contributed by atoms with E-state index in [1.807, 2.05) is 43.3 Å². The molecule has 26 heavy (non-hydrogen) atoms. The Bertz CT molecular complexity index is 891. The van der Waals surface area contributed by atoms with Crippen molar-refractivity contribution in [3.8, 4) is 22.8 Å². The molecule has 0 bridgehead atoms. The van der Waals surface area contributed by atoms with E-state index in [1.54, 1.807) is 24.7 Å². The molecule has 3 rings (SSSR count). The number of aryl methyl sites for hydroxylation is 1. The van der Waals surface area contributed by atoms with E-state index < -0.39 is 0 Å². The zero-order valence-corrected chi connectivity index (χ0v) is 15.8. The third-order valence-electron chi connectivity index (χ3n) is 3.71. The highest BCUT2D eigenvalue weighted by Gasteiger charge is 2.09. The van der Waals surface area contributed by atoms with Crippen molar-refractivity contribution < 1.29 is 9.47 Å². The maximum Gasteiger partial charge on any atom is 0.204 e. The van der Waals surface area contributed by atoms with Gasteiger partial charge in [0.2, 0.25) is 5.13 Å². The number of hydrazone groups is 1. The Labute approximate surface area is 157 Å². The summed E-state index contributed by atoms with van der Waals surface area (Å²) in [6, 6.07) is 15.8. The molecule has 5 nitrogen and oxygen atoms in total. The molecule has 0 fully saturated rings. The molecule has 0 amide bonds. The van der Waals surface area contributed by atoms with E-state index in [0.717, 1.165) is 26.8 Å². The van der Waals surface area contributed by atoms with Gasteiger partial charge in [0.15, 0.2) is 11.5 Å². The molecule has 1 heterocycles. The number of ether oxygens (including phenoxy) is 2. The number of anilines is 1. The first kappa shape index (κ1) is 17.9. The average Bonchev–Trinajstić information content (AvgIpc) is 3.03. The van der Waals surface area contributed by atoms with Crippen LogP contribution in [0.15, 0.2) is 53.6 Å². The van der Waals surface area contributed by atoms with Crippen LogP contribution in [0.4, 0.5) is 5.13 Å². The van der Waals surface area contributed by atoms with Gasteiger partial charge in [-0.25, -0.2) is 4.98 Å². The van der Waals surface area contributed by atoms with E-state index in [2.05, 4.69) is 34.6 Å². The van der Waals surface area contributed by atoms with Gasteiger partial charge in [0.25, 0.3) is 0 Å². The van der Waals surface area contributed by atoms with Crippen molar-refractivity contribution in [3.05, 3.63) is 59.0 Å². The van der Waals surface area contributed by atoms with Crippen molar-refractivity contribution in [1.29, 1.82) is 0 Å². The van der Waals surface area contributed by atoms with Crippen molar-refractivity contribution in [2.45, 2.75) is 13.8 Å². The van der Waals surface area contributed by atoms with Gasteiger partial charge in [0.1, 0.15) is 0 Å². The second kappa shape index (κ2) is 8.49. The molecule has 0 spiro atoms. The molecule has 0 unspecified atom stereocenters. The number of rotatable bonds is 7. The normalized spacial score (nSPS) is 10.9. The van der Waals surface area contributed by atoms with Gasteiger partial charge >= 0.3 is 0 Å². The second-order valence-corrected chi connectivity index (χ2v) is 6.71. The van der Waals surface area contributed by atoms with Crippen LogP contribution in [0.3, 0.4) is 0 Å². The molecule has 0 saturated carbocycles. The van der Waals surface area contributed by atoms with Gasteiger partial charge in [-0.2, -0.15) is 5.10 Å². The highest BCUT2D eigenvalue weighted by Crippen LogP contribution is 2.30. The molecule has 0 radical (unpaired) electrons. The Morgan fingerprint density at radius 2 is 1.96 bits per heavy atom. The lowest BCUT2D eigenvalue weighted by Gasteiger charge is -2.09. The summed E-state index contributed by atoms with van der Waals surface area (Å²) in [5, 5.41) is 5.05. The summed E-state index contributed by atoms with van der Waals surface area (Å²) in [6.45, 7) is 4.58. The minimum absolute atomic E-state index is 0.579. The summed E-state index contributed by atoms with van der Waals surface area (Å²) in [7, 11) is 1.63. The third kappa shape index (κ3) is 4.21. The van der Waals surface area contributed by atoms with Crippen LogP contribution in [0.1, 0.15) is 17.4 Å². The molecule has 1 N–H and O–H groups in total. The van der Waals surface area contributed by atoms with E-state index in [0.29, 0.717) is 18.1 Å². The zero-order valence-electron chi connectivity index (χ0n) is 15.0. The number of aromatic nitrogens is 1. The lowest BCUT2D eigenvalue weighted by atomic mass is 10.1. The minimum Gasteiger partial charge on any atom is -0.493 e. The number of methoxy groups -OCH3 is 1. The summed E-state index contributed by atoms with van der Waals surface area (Å²) < 4.78 is 10.9. The van der Waals surface area contributed by atoms with Crippen LogP contribution in [0.2, 0.25) is 0 Å². The van der Waals surface area contributed by atoms with E-state index >= 15 is 0 Å². The van der Waals surface area contributed by atoms with Gasteiger partial charge in [0, 0.05) is 10.4 Å². The van der Waals surface area contributed by atoms with Gasteiger partial charge in [0.05, 0.1) is 25.6 Å². The fourth-order valence-corrected chi connectivity index (χ4v) is 3.30. The number of nitrogens with zero attached hydrogens (tertiary/aromatic N) is 2. The molecule has 6 heteroatoms. The number of thiazole rings is 1. The van der Waals surface area contributed by atoms with E-state index in [1.165, 1.54) is 0 Å². The summed E-state index contributed by atoms with van der Waals surface area (Å²) >= 11 is 1.58. The van der Waals surface area contributed by atoms with Gasteiger partial charge in [-0.15, -0.1) is 11.3 Å². The first-order valence-corrected chi connectivity index (χ1v) is 9.15. The van der Waals surface area contributed by atoms with Crippen molar-refractivity contribution in [2.24, 2.45) is 5.10 Å². The highest BCUT2D eigenvalue weighted by atomic mass is 32.1. The quantitative estimate of drug-likeness (QED) is 0.473. The maximum atomic E-state index is 5.58. The maximum absolute atomic E-state index is 5.58. The Balaban J connectivity index is 1.72. The van der Waals surface area contributed by atoms with Crippen LogP contribution in [-0.2, 0) is 0 Å². The van der Waals surface area contributed by atoms with Crippen LogP contribution in [0.5, 0.6) is 11.5 Å². The Morgan fingerprint density at radius 3 is 2.69 bits per heavy atom. The average molecular weight is 367 g/mol. The SMILES string of the molecule is CCOc1cc(/C=N/Nc2nc(-c3ccccc3)c(C)s2)ccc1OC. The molecular formula is C20H21N3O2S. The fourth-order valence-electron chi connectivity index (χ4n) is 2.51. The molecule has 1 aromatic heterocycles. The Hall–Kier alpha value is -2.86. The van der Waals surface area contributed by atoms with E-state index in [4.69, 9.17) is 9.47 Å². The standard InChI is InChI=1S/C20H21N3O2S/c1-4-25-18-12-15(10-11-17(18)24-3)13-21-23-20-22-19(14(2)26-20)16-8-6-5-7-9-16/h5-13H,4H2,1-3H3,(H,22,23)/b21-13+. The summed E-state index contributed by atoms with van der Waals surface area (Å²) in [5.74, 6) is 1.41. The van der Waals surface area contributed by atoms with Crippen LogP contribution in [0, 0.1) is 6.92 Å². The van der Waals surface area contributed by atoms with Gasteiger partial charge in [-0.1, -0.05) is 30.3 Å². The van der Waals surface area contributed by atoms with Crippen LogP contribution in [0.25, 0.3) is 11.3 Å². The van der Waals surface area contributed by atoms with Gasteiger partial charge in [-0.3, -0.25) is 5.43 Å². The first-order valence-electron chi connectivity index (χ1n) is 8.34. The van der Waals surface area contributed by atoms with Crippen LogP contribution >= 0.6 is 11.3 Å². The number of hydrogen-bond acceptors (Lipinski definition) is 6. The third-order valence-corrected chi connectivity index (χ3v) is 4.58. The highest BCUT2D eigenvalue weighted by molar-refractivity contribution is 7.15. The second-order valence-electron chi connectivity index (χ2n) is 5.50. The fraction of sp³-hybridized carbons (Fsp3) is 0.200. The Morgan fingerprint density at radius 1 is 1.15 bits per heavy atom. The zero-order chi connectivity index (χ0) is 18.4. The van der Waals surface area contributed by atoms with E-state index in [-0.39, 0.29) is 0 Å². The molecule has 2 aromatic carbocycles. The predicted octanol–water partition coefficient (Wildman–Crippen LogP) is 4.97. The predicted molar refractivity (Wildman–Crippen MR) is 108 cm³/mol. The summed E-state index contributed by atoms with van der Waals surface area (Å²) in [4.78, 5) is 5.78. The lowest BCUT2D eigenvalue weighted by molar-refractivity contribution is 0.311. The monoisotopic (exact) mass is 367 g/mol. The molecule has 0 aliphatic rings. The topological polar surface area (TPSA) is 55.7 Å². The molecule has 3 aromatic rings. The molecular weight excluding hydrogens is 346 g/mol. The molecule has 134 valence electrons.